The fourth-order valence-electron chi connectivity index (χ4n) is 1.90. The Morgan fingerprint density at radius 3 is 2.12 bits per heavy atom. The number of allylic oxidation sites excluding steroid dienone is 2. The second-order valence-corrected chi connectivity index (χ2v) is 5.77. The number of ketones is 1. The number of aliphatic hydroxyl groups is 1. The fourth-order valence-corrected chi connectivity index (χ4v) is 2.22. The van der Waals surface area contributed by atoms with Crippen LogP contribution in [-0.4, -0.2) is 10.9 Å². The van der Waals surface area contributed by atoms with Crippen LogP contribution in [0, 0.1) is 0 Å². The molecule has 0 amide bonds. The second kappa shape index (κ2) is 3.88. The Labute approximate surface area is 106 Å². The fraction of sp³-hybridized carbons (Fsp3) is 0.357. The van der Waals surface area contributed by atoms with Crippen molar-refractivity contribution < 1.29 is 9.90 Å². The molecular formula is C14H15ClO2. The van der Waals surface area contributed by atoms with Crippen molar-refractivity contribution in [1.29, 1.82) is 0 Å². The van der Waals surface area contributed by atoms with Crippen LogP contribution < -0.4 is 0 Å². The molecule has 1 N–H and O–H groups in total. The van der Waals surface area contributed by atoms with Gasteiger partial charge in [0.2, 0.25) is 5.78 Å². The standard InChI is InChI=1S/C14H15ClO2/c1-14(2,3)9-6-4-8(5-7-9)10-11(15)13(17)12(10)16/h4-7,10,17H,1-3H3. The normalized spacial score (nSPS) is 20.5. The van der Waals surface area contributed by atoms with Crippen LogP contribution in [0.5, 0.6) is 0 Å². The minimum Gasteiger partial charge on any atom is -0.504 e. The Bertz CT molecular complexity index is 492. The summed E-state index contributed by atoms with van der Waals surface area (Å²) >= 11 is 5.83. The van der Waals surface area contributed by atoms with Gasteiger partial charge in [-0.1, -0.05) is 56.6 Å². The first-order valence-corrected chi connectivity index (χ1v) is 5.93. The minimum atomic E-state index is -0.467. The van der Waals surface area contributed by atoms with Gasteiger partial charge in [0, 0.05) is 0 Å². The van der Waals surface area contributed by atoms with Crippen molar-refractivity contribution in [3.63, 3.8) is 0 Å². The van der Waals surface area contributed by atoms with E-state index in [0.717, 1.165) is 5.56 Å². The van der Waals surface area contributed by atoms with Gasteiger partial charge in [-0.05, 0) is 16.5 Å². The van der Waals surface area contributed by atoms with Crippen molar-refractivity contribution in [2.45, 2.75) is 32.1 Å². The van der Waals surface area contributed by atoms with Gasteiger partial charge in [0.05, 0.1) is 11.0 Å². The molecule has 3 heteroatoms. The van der Waals surface area contributed by atoms with Crippen molar-refractivity contribution in [2.24, 2.45) is 0 Å². The molecule has 2 rings (SSSR count). The molecule has 0 saturated heterocycles. The maximum atomic E-state index is 11.5. The molecule has 0 spiro atoms. The molecule has 1 atom stereocenters. The van der Waals surface area contributed by atoms with Gasteiger partial charge >= 0.3 is 0 Å². The van der Waals surface area contributed by atoms with Gasteiger partial charge < -0.3 is 5.11 Å². The molecule has 0 heterocycles. The van der Waals surface area contributed by atoms with Gasteiger partial charge in [-0.25, -0.2) is 0 Å². The van der Waals surface area contributed by atoms with Gasteiger partial charge in [0.25, 0.3) is 0 Å². The van der Waals surface area contributed by atoms with Crippen LogP contribution in [0.1, 0.15) is 37.8 Å². The average Bonchev–Trinajstić information content (AvgIpc) is 2.28. The number of benzene rings is 1. The maximum Gasteiger partial charge on any atom is 0.211 e. The highest BCUT2D eigenvalue weighted by atomic mass is 35.5. The average molecular weight is 251 g/mol. The van der Waals surface area contributed by atoms with Crippen molar-refractivity contribution in [3.05, 3.63) is 46.2 Å². The summed E-state index contributed by atoms with van der Waals surface area (Å²) in [6.07, 6.45) is 0. The molecular weight excluding hydrogens is 236 g/mol. The van der Waals surface area contributed by atoms with E-state index in [9.17, 15) is 9.90 Å². The lowest BCUT2D eigenvalue weighted by Gasteiger charge is -2.25. The Hall–Kier alpha value is -1.28. The van der Waals surface area contributed by atoms with Gasteiger partial charge in [-0.15, -0.1) is 0 Å². The first-order valence-electron chi connectivity index (χ1n) is 5.55. The summed E-state index contributed by atoms with van der Waals surface area (Å²) in [4.78, 5) is 11.5. The highest BCUT2D eigenvalue weighted by molar-refractivity contribution is 6.38. The summed E-state index contributed by atoms with van der Waals surface area (Å²) in [7, 11) is 0. The predicted octanol–water partition coefficient (Wildman–Crippen LogP) is 3.66. The zero-order valence-electron chi connectivity index (χ0n) is 10.1. The number of carbonyl (C=O) groups is 1. The molecule has 90 valence electrons. The van der Waals surface area contributed by atoms with E-state index in [2.05, 4.69) is 20.8 Å². The summed E-state index contributed by atoms with van der Waals surface area (Å²) in [6.45, 7) is 6.40. The first-order chi connectivity index (χ1) is 7.82. The minimum absolute atomic E-state index is 0.0872. The predicted molar refractivity (Wildman–Crippen MR) is 68.4 cm³/mol. The Morgan fingerprint density at radius 1 is 1.18 bits per heavy atom. The van der Waals surface area contributed by atoms with E-state index in [-0.39, 0.29) is 22.0 Å². The van der Waals surface area contributed by atoms with E-state index in [0.29, 0.717) is 0 Å². The summed E-state index contributed by atoms with van der Waals surface area (Å²) in [5.41, 5.74) is 2.13. The van der Waals surface area contributed by atoms with Crippen molar-refractivity contribution >= 4 is 17.4 Å². The third-order valence-electron chi connectivity index (χ3n) is 3.09. The zero-order valence-corrected chi connectivity index (χ0v) is 10.9. The molecule has 1 aliphatic rings. The summed E-state index contributed by atoms with van der Waals surface area (Å²) in [6, 6.07) is 7.81. The molecule has 0 aromatic heterocycles. The third-order valence-corrected chi connectivity index (χ3v) is 3.48. The summed E-state index contributed by atoms with van der Waals surface area (Å²) in [5.74, 6) is -1.05. The van der Waals surface area contributed by atoms with E-state index in [1.807, 2.05) is 24.3 Å². The molecule has 0 bridgehead atoms. The molecule has 0 radical (unpaired) electrons. The van der Waals surface area contributed by atoms with E-state index in [1.165, 1.54) is 5.56 Å². The summed E-state index contributed by atoms with van der Waals surface area (Å²) < 4.78 is 0. The van der Waals surface area contributed by atoms with E-state index >= 15 is 0 Å². The molecule has 1 aromatic rings. The molecule has 0 aliphatic heterocycles. The van der Waals surface area contributed by atoms with Crippen molar-refractivity contribution in [2.75, 3.05) is 0 Å². The second-order valence-electron chi connectivity index (χ2n) is 5.37. The number of Topliss-reactive ketones (excluding diaryl/α,β-unsaturated/α-hetero) is 1. The molecule has 1 aromatic carbocycles. The van der Waals surface area contributed by atoms with Crippen LogP contribution in [0.15, 0.2) is 35.1 Å². The molecule has 2 nitrogen and oxygen atoms in total. The lowest BCUT2D eigenvalue weighted by Crippen LogP contribution is -2.26. The molecule has 1 aliphatic carbocycles. The Balaban J connectivity index is 2.30. The SMILES string of the molecule is CC(C)(C)c1ccc(C2C(=O)C(O)=C2Cl)cc1. The van der Waals surface area contributed by atoms with Crippen LogP contribution in [0.3, 0.4) is 0 Å². The molecule has 17 heavy (non-hydrogen) atoms. The zero-order chi connectivity index (χ0) is 12.8. The molecule has 0 saturated carbocycles. The number of aliphatic hydroxyl groups excluding tert-OH is 1. The Morgan fingerprint density at radius 2 is 1.71 bits per heavy atom. The largest absolute Gasteiger partial charge is 0.504 e. The number of hydrogen-bond acceptors (Lipinski definition) is 2. The van der Waals surface area contributed by atoms with E-state index < -0.39 is 5.92 Å². The van der Waals surface area contributed by atoms with E-state index in [1.54, 1.807) is 0 Å². The number of hydrogen-bond donors (Lipinski definition) is 1. The van der Waals surface area contributed by atoms with Crippen LogP contribution in [0.4, 0.5) is 0 Å². The van der Waals surface area contributed by atoms with Gasteiger partial charge in [-0.3, -0.25) is 4.79 Å². The number of carbonyl (C=O) groups excluding carboxylic acids is 1. The highest BCUT2D eigenvalue weighted by Gasteiger charge is 2.39. The van der Waals surface area contributed by atoms with Crippen LogP contribution in [0.2, 0.25) is 0 Å². The van der Waals surface area contributed by atoms with Gasteiger partial charge in [-0.2, -0.15) is 0 Å². The lowest BCUT2D eigenvalue weighted by atomic mass is 9.81. The van der Waals surface area contributed by atoms with Gasteiger partial charge in [0.1, 0.15) is 0 Å². The summed E-state index contributed by atoms with van der Waals surface area (Å²) in [5, 5.41) is 9.45. The van der Waals surface area contributed by atoms with Crippen molar-refractivity contribution in [3.8, 4) is 0 Å². The third kappa shape index (κ3) is 1.98. The number of halogens is 1. The molecule has 0 fully saturated rings. The topological polar surface area (TPSA) is 37.3 Å². The van der Waals surface area contributed by atoms with Crippen LogP contribution >= 0.6 is 11.6 Å². The van der Waals surface area contributed by atoms with Gasteiger partial charge in [0.15, 0.2) is 5.76 Å². The molecule has 1 unspecified atom stereocenters. The maximum absolute atomic E-state index is 11.5. The van der Waals surface area contributed by atoms with E-state index in [4.69, 9.17) is 11.6 Å². The lowest BCUT2D eigenvalue weighted by molar-refractivity contribution is -0.120. The van der Waals surface area contributed by atoms with Crippen molar-refractivity contribution in [1.82, 2.24) is 0 Å². The number of rotatable bonds is 1. The Kier molecular flexibility index (Phi) is 2.78. The first kappa shape index (κ1) is 12.2. The monoisotopic (exact) mass is 250 g/mol. The quantitative estimate of drug-likeness (QED) is 0.826. The highest BCUT2D eigenvalue weighted by Crippen LogP contribution is 2.40. The van der Waals surface area contributed by atoms with Crippen LogP contribution in [0.25, 0.3) is 0 Å². The smallest absolute Gasteiger partial charge is 0.211 e. The van der Waals surface area contributed by atoms with Crippen LogP contribution in [-0.2, 0) is 10.2 Å².